The Morgan fingerprint density at radius 1 is 1.37 bits per heavy atom. The number of rotatable bonds is 8. The Morgan fingerprint density at radius 3 is 2.79 bits per heavy atom. The van der Waals surface area contributed by atoms with Crippen molar-refractivity contribution in [1.29, 1.82) is 0 Å². The lowest BCUT2D eigenvalue weighted by Gasteiger charge is -2.10. The molecular weight excluding hydrogens is 306 g/mol. The molecule has 0 aliphatic carbocycles. The lowest BCUT2D eigenvalue weighted by atomic mass is 10.1. The summed E-state index contributed by atoms with van der Waals surface area (Å²) in [4.78, 5) is 0. The third-order valence-electron chi connectivity index (χ3n) is 2.84. The van der Waals surface area contributed by atoms with Crippen molar-refractivity contribution >= 4 is 22.0 Å². The standard InChI is InChI=1S/C15H22BrNO2/c1-4-12(11-17-7-8-18-2)9-13-10-14(16)5-6-15(13)19-3/h5-6,9-10,17H,4,7-8,11H2,1-3H3. The van der Waals surface area contributed by atoms with E-state index >= 15 is 0 Å². The Labute approximate surface area is 124 Å². The summed E-state index contributed by atoms with van der Waals surface area (Å²) < 4.78 is 11.5. The molecule has 19 heavy (non-hydrogen) atoms. The molecule has 1 aromatic rings. The fraction of sp³-hybridized carbons (Fsp3) is 0.467. The molecule has 1 aromatic carbocycles. The molecule has 0 aliphatic rings. The molecule has 0 amide bonds. The number of halogens is 1. The van der Waals surface area contributed by atoms with Crippen LogP contribution in [0.4, 0.5) is 0 Å². The van der Waals surface area contributed by atoms with E-state index in [9.17, 15) is 0 Å². The van der Waals surface area contributed by atoms with E-state index in [1.54, 1.807) is 14.2 Å². The second kappa shape index (κ2) is 9.13. The number of hydrogen-bond acceptors (Lipinski definition) is 3. The average Bonchev–Trinajstić information content (AvgIpc) is 2.42. The quantitative estimate of drug-likeness (QED) is 0.741. The zero-order valence-electron chi connectivity index (χ0n) is 11.8. The van der Waals surface area contributed by atoms with Crippen LogP contribution in [0.15, 0.2) is 28.2 Å². The summed E-state index contributed by atoms with van der Waals surface area (Å²) in [6, 6.07) is 6.03. The van der Waals surface area contributed by atoms with Crippen LogP contribution in [0.5, 0.6) is 5.75 Å². The molecule has 0 fully saturated rings. The third kappa shape index (κ3) is 5.76. The SMILES string of the molecule is CCC(=Cc1cc(Br)ccc1OC)CNCCOC. The first-order chi connectivity index (χ1) is 9.21. The van der Waals surface area contributed by atoms with E-state index in [-0.39, 0.29) is 0 Å². The van der Waals surface area contributed by atoms with E-state index in [4.69, 9.17) is 9.47 Å². The van der Waals surface area contributed by atoms with Crippen molar-refractivity contribution in [2.45, 2.75) is 13.3 Å². The monoisotopic (exact) mass is 327 g/mol. The molecule has 0 bridgehead atoms. The van der Waals surface area contributed by atoms with Gasteiger partial charge in [0.2, 0.25) is 0 Å². The van der Waals surface area contributed by atoms with Gasteiger partial charge in [-0.1, -0.05) is 34.5 Å². The van der Waals surface area contributed by atoms with Crippen molar-refractivity contribution in [3.05, 3.63) is 33.8 Å². The molecule has 106 valence electrons. The Morgan fingerprint density at radius 2 is 2.16 bits per heavy atom. The number of nitrogens with one attached hydrogen (secondary N) is 1. The molecule has 0 aromatic heterocycles. The van der Waals surface area contributed by atoms with E-state index in [2.05, 4.69) is 40.3 Å². The summed E-state index contributed by atoms with van der Waals surface area (Å²) in [5.74, 6) is 0.894. The first kappa shape index (κ1) is 16.2. The second-order valence-electron chi connectivity index (χ2n) is 4.21. The van der Waals surface area contributed by atoms with Crippen molar-refractivity contribution in [3.63, 3.8) is 0 Å². The fourth-order valence-corrected chi connectivity index (χ4v) is 2.12. The lowest BCUT2D eigenvalue weighted by Crippen LogP contribution is -2.21. The van der Waals surface area contributed by atoms with Gasteiger partial charge in [-0.05, 0) is 24.6 Å². The second-order valence-corrected chi connectivity index (χ2v) is 5.13. The van der Waals surface area contributed by atoms with Crippen LogP contribution in [0.3, 0.4) is 0 Å². The maximum absolute atomic E-state index is 5.38. The highest BCUT2D eigenvalue weighted by Gasteiger charge is 2.03. The Balaban J connectivity index is 2.76. The van der Waals surface area contributed by atoms with Crippen LogP contribution in [-0.4, -0.2) is 33.9 Å². The fourth-order valence-electron chi connectivity index (χ4n) is 1.74. The van der Waals surface area contributed by atoms with Crippen molar-refractivity contribution < 1.29 is 9.47 Å². The number of ether oxygens (including phenoxy) is 2. The number of hydrogen-bond donors (Lipinski definition) is 1. The molecule has 0 heterocycles. The predicted molar refractivity (Wildman–Crippen MR) is 83.7 cm³/mol. The molecule has 0 saturated heterocycles. The van der Waals surface area contributed by atoms with E-state index in [0.717, 1.165) is 41.9 Å². The van der Waals surface area contributed by atoms with E-state index < -0.39 is 0 Å². The van der Waals surface area contributed by atoms with Gasteiger partial charge in [-0.25, -0.2) is 0 Å². The van der Waals surface area contributed by atoms with Gasteiger partial charge < -0.3 is 14.8 Å². The molecule has 3 nitrogen and oxygen atoms in total. The predicted octanol–water partition coefficient (Wildman–Crippen LogP) is 3.49. The summed E-state index contributed by atoms with van der Waals surface area (Å²) >= 11 is 3.49. The minimum Gasteiger partial charge on any atom is -0.496 e. The molecule has 0 aliphatic heterocycles. The molecule has 0 saturated carbocycles. The van der Waals surface area contributed by atoms with Gasteiger partial charge in [0.05, 0.1) is 13.7 Å². The molecular formula is C15H22BrNO2. The highest BCUT2D eigenvalue weighted by Crippen LogP contribution is 2.25. The van der Waals surface area contributed by atoms with Gasteiger partial charge in [0.25, 0.3) is 0 Å². The first-order valence-electron chi connectivity index (χ1n) is 6.43. The molecule has 0 unspecified atom stereocenters. The Bertz CT molecular complexity index is 419. The Hall–Kier alpha value is -0.840. The smallest absolute Gasteiger partial charge is 0.126 e. The van der Waals surface area contributed by atoms with Crippen molar-refractivity contribution in [3.8, 4) is 5.75 Å². The Kier molecular flexibility index (Phi) is 7.79. The van der Waals surface area contributed by atoms with Gasteiger partial charge >= 0.3 is 0 Å². The van der Waals surface area contributed by atoms with E-state index in [0.29, 0.717) is 0 Å². The molecule has 0 spiro atoms. The third-order valence-corrected chi connectivity index (χ3v) is 3.33. The highest BCUT2D eigenvalue weighted by atomic mass is 79.9. The van der Waals surface area contributed by atoms with Gasteiger partial charge in [-0.15, -0.1) is 0 Å². The summed E-state index contributed by atoms with van der Waals surface area (Å²) in [6.07, 6.45) is 3.19. The summed E-state index contributed by atoms with van der Waals surface area (Å²) in [6.45, 7) is 4.63. The zero-order chi connectivity index (χ0) is 14.1. The zero-order valence-corrected chi connectivity index (χ0v) is 13.4. The van der Waals surface area contributed by atoms with Crippen LogP contribution in [0.2, 0.25) is 0 Å². The topological polar surface area (TPSA) is 30.5 Å². The van der Waals surface area contributed by atoms with Crippen LogP contribution >= 0.6 is 15.9 Å². The minimum absolute atomic E-state index is 0.733. The highest BCUT2D eigenvalue weighted by molar-refractivity contribution is 9.10. The summed E-state index contributed by atoms with van der Waals surface area (Å²) in [5.41, 5.74) is 2.44. The largest absolute Gasteiger partial charge is 0.496 e. The van der Waals surface area contributed by atoms with Crippen molar-refractivity contribution in [2.75, 3.05) is 33.9 Å². The van der Waals surface area contributed by atoms with Crippen LogP contribution in [-0.2, 0) is 4.74 Å². The number of benzene rings is 1. The lowest BCUT2D eigenvalue weighted by molar-refractivity contribution is 0.200. The molecule has 4 heteroatoms. The molecule has 1 rings (SSSR count). The normalized spacial score (nSPS) is 11.7. The maximum atomic E-state index is 5.38. The molecule has 1 N–H and O–H groups in total. The van der Waals surface area contributed by atoms with Crippen LogP contribution in [0, 0.1) is 0 Å². The van der Waals surface area contributed by atoms with Gasteiger partial charge in [-0.3, -0.25) is 0 Å². The van der Waals surface area contributed by atoms with E-state index in [1.165, 1.54) is 5.57 Å². The van der Waals surface area contributed by atoms with Gasteiger partial charge in [0.15, 0.2) is 0 Å². The van der Waals surface area contributed by atoms with Crippen LogP contribution < -0.4 is 10.1 Å². The minimum atomic E-state index is 0.733. The molecule has 0 atom stereocenters. The summed E-state index contributed by atoms with van der Waals surface area (Å²) in [7, 11) is 3.41. The van der Waals surface area contributed by atoms with Crippen molar-refractivity contribution in [1.82, 2.24) is 5.32 Å². The summed E-state index contributed by atoms with van der Waals surface area (Å²) in [5, 5.41) is 3.36. The van der Waals surface area contributed by atoms with Gasteiger partial charge in [0, 0.05) is 30.2 Å². The maximum Gasteiger partial charge on any atom is 0.126 e. The average molecular weight is 328 g/mol. The van der Waals surface area contributed by atoms with E-state index in [1.807, 2.05) is 12.1 Å². The van der Waals surface area contributed by atoms with Crippen molar-refractivity contribution in [2.24, 2.45) is 0 Å². The van der Waals surface area contributed by atoms with Crippen LogP contribution in [0.1, 0.15) is 18.9 Å². The number of methoxy groups -OCH3 is 2. The van der Waals surface area contributed by atoms with Gasteiger partial charge in [-0.2, -0.15) is 0 Å². The first-order valence-corrected chi connectivity index (χ1v) is 7.23. The molecule has 0 radical (unpaired) electrons. The van der Waals surface area contributed by atoms with Gasteiger partial charge in [0.1, 0.15) is 5.75 Å². The van der Waals surface area contributed by atoms with Crippen LogP contribution in [0.25, 0.3) is 6.08 Å².